The summed E-state index contributed by atoms with van der Waals surface area (Å²) in [5.41, 5.74) is 0. The number of ether oxygens (including phenoxy) is 1. The molecule has 1 atom stereocenters. The van der Waals surface area contributed by atoms with Crippen LogP contribution in [-0.2, 0) is 4.74 Å². The van der Waals surface area contributed by atoms with Crippen LogP contribution in [0.5, 0.6) is 0 Å². The quantitative estimate of drug-likeness (QED) is 0.569. The molecule has 136 valence electrons. The van der Waals surface area contributed by atoms with E-state index in [9.17, 15) is 5.11 Å². The fourth-order valence-electron chi connectivity index (χ4n) is 3.64. The fraction of sp³-hybridized carbons (Fsp3) is 0.182. The third-order valence-electron chi connectivity index (χ3n) is 4.84. The average molecular weight is 431 g/mol. The van der Waals surface area contributed by atoms with Crippen LogP contribution in [0.1, 0.15) is 6.92 Å². The van der Waals surface area contributed by atoms with Gasteiger partial charge in [0.25, 0.3) is 0 Å². The molecule has 3 aromatic rings. The van der Waals surface area contributed by atoms with Crippen molar-refractivity contribution in [2.24, 2.45) is 0 Å². The second-order valence-electron chi connectivity index (χ2n) is 6.17. The first-order valence-electron chi connectivity index (χ1n) is 8.79. The van der Waals surface area contributed by atoms with Gasteiger partial charge in [-0.1, -0.05) is 0 Å². The first-order chi connectivity index (χ1) is 12.7. The van der Waals surface area contributed by atoms with Crippen molar-refractivity contribution in [2.75, 3.05) is 13.2 Å². The van der Waals surface area contributed by atoms with Gasteiger partial charge in [0, 0.05) is 0 Å². The molecule has 3 rings (SSSR count). The average Bonchev–Trinajstić information content (AvgIpc) is 2.73. The van der Waals surface area contributed by atoms with Crippen molar-refractivity contribution < 1.29 is 9.84 Å². The number of aliphatic hydroxyl groups excluding tert-OH is 1. The van der Waals surface area contributed by atoms with Crippen molar-refractivity contribution >= 4 is 36.7 Å². The minimum atomic E-state index is -3.25. The molecule has 26 heavy (non-hydrogen) atoms. The Morgan fingerprint density at radius 1 is 0.769 bits per heavy atom. The van der Waals surface area contributed by atoms with Gasteiger partial charge in [-0.25, -0.2) is 0 Å². The minimum absolute atomic E-state index is 0.0738. The van der Waals surface area contributed by atoms with Gasteiger partial charge >= 0.3 is 164 Å². The molecule has 0 amide bonds. The van der Waals surface area contributed by atoms with Crippen molar-refractivity contribution in [3.8, 4) is 0 Å². The molecule has 0 aliphatic heterocycles. The molecule has 0 spiro atoms. The van der Waals surface area contributed by atoms with Gasteiger partial charge in [-0.05, 0) is 0 Å². The predicted octanol–water partition coefficient (Wildman–Crippen LogP) is 4.18. The summed E-state index contributed by atoms with van der Waals surface area (Å²) >= 11 is 4.29. The number of hydrogen-bond donors (Lipinski definition) is 1. The monoisotopic (exact) mass is 430 g/mol. The second-order valence-corrected chi connectivity index (χ2v) is 14.9. The first kappa shape index (κ1) is 19.3. The Morgan fingerprint density at radius 3 is 1.38 bits per heavy atom. The molecular weight excluding hydrogens is 407 g/mol. The summed E-state index contributed by atoms with van der Waals surface area (Å²) < 4.78 is 6.18. The van der Waals surface area contributed by atoms with E-state index in [0.717, 1.165) is 15.9 Å². The van der Waals surface area contributed by atoms with Crippen molar-refractivity contribution in [1.82, 2.24) is 0 Å². The number of halogens is 1. The number of aliphatic hydroxyl groups is 1. The van der Waals surface area contributed by atoms with E-state index in [4.69, 9.17) is 4.74 Å². The molecule has 0 fully saturated rings. The van der Waals surface area contributed by atoms with E-state index in [-0.39, 0.29) is 6.61 Å². The topological polar surface area (TPSA) is 29.5 Å². The van der Waals surface area contributed by atoms with Crippen LogP contribution in [0.2, 0.25) is 0 Å². The van der Waals surface area contributed by atoms with Gasteiger partial charge in [-0.3, -0.25) is 0 Å². The summed E-state index contributed by atoms with van der Waals surface area (Å²) in [7, 11) is 0. The molecule has 0 heterocycles. The molecule has 0 aliphatic carbocycles. The van der Waals surface area contributed by atoms with E-state index in [1.807, 2.05) is 61.5 Å². The summed E-state index contributed by atoms with van der Waals surface area (Å²) in [6.07, 6.45) is 0. The molecule has 0 aromatic heterocycles. The second kappa shape index (κ2) is 8.02. The van der Waals surface area contributed by atoms with Gasteiger partial charge in [0.1, 0.15) is 0 Å². The number of benzene rings is 3. The molecule has 0 radical (unpaired) electrons. The summed E-state index contributed by atoms with van der Waals surface area (Å²) in [6, 6.07) is 31.1. The maximum atomic E-state index is 10.4. The van der Waals surface area contributed by atoms with Crippen LogP contribution in [0.25, 0.3) is 0 Å². The van der Waals surface area contributed by atoms with Gasteiger partial charge in [-0.2, -0.15) is 0 Å². The van der Waals surface area contributed by atoms with Gasteiger partial charge in [-0.15, -0.1) is 0 Å². The summed E-state index contributed by atoms with van der Waals surface area (Å²) in [4.78, 5) is 0. The number of hydrogen-bond acceptors (Lipinski definition) is 2. The summed E-state index contributed by atoms with van der Waals surface area (Å²) in [5, 5.41) is 10.6. The summed E-state index contributed by atoms with van der Waals surface area (Å²) in [6.45, 7) is 2.43. The Morgan fingerprint density at radius 2 is 1.12 bits per heavy atom. The first-order valence-corrected chi connectivity index (χ1v) is 13.1. The van der Waals surface area contributed by atoms with Gasteiger partial charge in [0.05, 0.1) is 0 Å². The van der Waals surface area contributed by atoms with Gasteiger partial charge in [0.15, 0.2) is 0 Å². The van der Waals surface area contributed by atoms with Gasteiger partial charge in [0.2, 0.25) is 0 Å². The van der Waals surface area contributed by atoms with Crippen LogP contribution >= 0.6 is 20.8 Å². The molecule has 3 aromatic carbocycles. The van der Waals surface area contributed by atoms with Crippen LogP contribution < -0.4 is 15.9 Å². The molecule has 1 unspecified atom stereocenters. The third kappa shape index (κ3) is 2.93. The molecule has 2 nitrogen and oxygen atoms in total. The van der Waals surface area contributed by atoms with Crippen molar-refractivity contribution in [2.45, 2.75) is 12.8 Å². The molecule has 0 bridgehead atoms. The van der Waals surface area contributed by atoms with E-state index in [1.165, 1.54) is 0 Å². The van der Waals surface area contributed by atoms with Crippen molar-refractivity contribution in [3.63, 3.8) is 0 Å². The van der Waals surface area contributed by atoms with Crippen LogP contribution in [0.4, 0.5) is 0 Å². The van der Waals surface area contributed by atoms with E-state index >= 15 is 0 Å². The van der Waals surface area contributed by atoms with E-state index in [0.29, 0.717) is 6.61 Å². The zero-order valence-corrected chi connectivity index (χ0v) is 17.3. The predicted molar refractivity (Wildman–Crippen MR) is 117 cm³/mol. The van der Waals surface area contributed by atoms with Crippen LogP contribution in [-0.4, -0.2) is 24.2 Å². The molecule has 1 N–H and O–H groups in total. The van der Waals surface area contributed by atoms with E-state index in [2.05, 4.69) is 51.9 Å². The fourth-order valence-corrected chi connectivity index (χ4v) is 11.4. The number of rotatable bonds is 7. The van der Waals surface area contributed by atoms with Gasteiger partial charge < -0.3 is 0 Å². The zero-order valence-electron chi connectivity index (χ0n) is 14.8. The SMILES string of the molecule is CCOC(CO)P(Br)(c1ccccc1)(c1ccccc1)c1ccccc1. The standard InChI is InChI=1S/C22H24BrO2P/c1-2-25-22(18-24)26(23,19-12-6-3-7-13-19,20-14-8-4-9-15-20)21-16-10-5-11-17-21/h3-17,22,24H,2,18H2,1H3. The van der Waals surface area contributed by atoms with Crippen LogP contribution in [0.15, 0.2) is 91.0 Å². The molecule has 0 saturated carbocycles. The third-order valence-corrected chi connectivity index (χ3v) is 15.2. The molecular formula is C22H24BrO2P. The molecule has 0 saturated heterocycles. The van der Waals surface area contributed by atoms with E-state index in [1.54, 1.807) is 0 Å². The Bertz CT molecular complexity index is 725. The Labute approximate surface area is 163 Å². The zero-order chi connectivity index (χ0) is 18.5. The van der Waals surface area contributed by atoms with Crippen molar-refractivity contribution in [3.05, 3.63) is 91.0 Å². The maximum absolute atomic E-state index is 10.4. The Balaban J connectivity index is 2.47. The normalized spacial score (nSPS) is 14.3. The van der Waals surface area contributed by atoms with Crippen molar-refractivity contribution in [1.29, 1.82) is 0 Å². The molecule has 0 aliphatic rings. The van der Waals surface area contributed by atoms with Crippen LogP contribution in [0, 0.1) is 0 Å². The Hall–Kier alpha value is -1.51. The molecule has 4 heteroatoms. The van der Waals surface area contributed by atoms with Crippen LogP contribution in [0.3, 0.4) is 0 Å². The summed E-state index contributed by atoms with van der Waals surface area (Å²) in [5.74, 6) is -0.391. The Kier molecular flexibility index (Phi) is 5.94. The van der Waals surface area contributed by atoms with E-state index < -0.39 is 11.2 Å².